The topological polar surface area (TPSA) is 32.3 Å². The molecule has 1 aliphatic rings. The number of carbonyl (C=O) groups excluding carboxylic acids is 1. The van der Waals surface area contributed by atoms with E-state index in [1.807, 2.05) is 11.9 Å². The number of nitrogens with one attached hydrogen (secondary N) is 1. The Kier molecular flexibility index (Phi) is 3.72. The molecule has 1 rings (SSSR count). The van der Waals surface area contributed by atoms with Crippen molar-refractivity contribution in [1.82, 2.24) is 10.2 Å². The van der Waals surface area contributed by atoms with Gasteiger partial charge in [-0.15, -0.1) is 0 Å². The Morgan fingerprint density at radius 1 is 1.62 bits per heavy atom. The maximum Gasteiger partial charge on any atom is 0.219 e. The van der Waals surface area contributed by atoms with E-state index in [4.69, 9.17) is 0 Å². The van der Waals surface area contributed by atoms with E-state index in [9.17, 15) is 4.79 Å². The van der Waals surface area contributed by atoms with Crippen LogP contribution in [-0.4, -0.2) is 37.5 Å². The van der Waals surface area contributed by atoms with Crippen LogP contribution in [0.25, 0.3) is 0 Å². The second kappa shape index (κ2) is 4.61. The first-order chi connectivity index (χ1) is 6.19. The van der Waals surface area contributed by atoms with E-state index in [2.05, 4.69) is 12.2 Å². The zero-order valence-corrected chi connectivity index (χ0v) is 8.84. The zero-order chi connectivity index (χ0) is 9.84. The molecule has 1 unspecified atom stereocenters. The lowest BCUT2D eigenvalue weighted by Crippen LogP contribution is -2.53. The summed E-state index contributed by atoms with van der Waals surface area (Å²) in [5, 5.41) is 3.21. The van der Waals surface area contributed by atoms with Crippen molar-refractivity contribution in [2.24, 2.45) is 11.8 Å². The Morgan fingerprint density at radius 3 is 2.62 bits per heavy atom. The van der Waals surface area contributed by atoms with Gasteiger partial charge in [0.25, 0.3) is 0 Å². The predicted molar refractivity (Wildman–Crippen MR) is 53.5 cm³/mol. The van der Waals surface area contributed by atoms with Crippen LogP contribution in [0.1, 0.15) is 20.3 Å². The molecule has 3 heteroatoms. The largest absolute Gasteiger partial charge is 0.342 e. The molecule has 1 amide bonds. The molecule has 0 radical (unpaired) electrons. The minimum Gasteiger partial charge on any atom is -0.342 e. The van der Waals surface area contributed by atoms with Crippen LogP contribution in [0.4, 0.5) is 0 Å². The Labute approximate surface area is 80.5 Å². The highest BCUT2D eigenvalue weighted by Gasteiger charge is 2.33. The second-order valence-electron chi connectivity index (χ2n) is 3.91. The number of nitrogens with zero attached hydrogens (tertiary/aromatic N) is 1. The lowest BCUT2D eigenvalue weighted by atomic mass is 9.84. The van der Waals surface area contributed by atoms with Crippen molar-refractivity contribution in [1.29, 1.82) is 0 Å². The molecule has 1 atom stereocenters. The summed E-state index contributed by atoms with van der Waals surface area (Å²) in [6.07, 6.45) is 1.21. The third kappa shape index (κ3) is 2.44. The van der Waals surface area contributed by atoms with E-state index >= 15 is 0 Å². The van der Waals surface area contributed by atoms with Gasteiger partial charge in [0.05, 0.1) is 0 Å². The minimum absolute atomic E-state index is 0.218. The van der Waals surface area contributed by atoms with Crippen LogP contribution in [0.2, 0.25) is 0 Å². The molecule has 1 saturated heterocycles. The van der Waals surface area contributed by atoms with Gasteiger partial charge in [0.1, 0.15) is 0 Å². The number of hydrogen-bond donors (Lipinski definition) is 1. The van der Waals surface area contributed by atoms with E-state index in [1.165, 1.54) is 6.42 Å². The summed E-state index contributed by atoms with van der Waals surface area (Å²) in [7, 11) is 1.99. The van der Waals surface area contributed by atoms with Crippen LogP contribution in [0, 0.1) is 11.8 Å². The fourth-order valence-corrected chi connectivity index (χ4v) is 1.97. The molecule has 13 heavy (non-hydrogen) atoms. The molecule has 0 spiro atoms. The molecule has 0 aromatic rings. The Hall–Kier alpha value is -0.570. The summed E-state index contributed by atoms with van der Waals surface area (Å²) in [5.41, 5.74) is 0. The predicted octanol–water partition coefficient (Wildman–Crippen LogP) is 0.710. The molecule has 0 aromatic heterocycles. The molecule has 0 saturated carbocycles. The van der Waals surface area contributed by atoms with Gasteiger partial charge >= 0.3 is 0 Å². The van der Waals surface area contributed by atoms with Crippen LogP contribution in [0.15, 0.2) is 0 Å². The zero-order valence-electron chi connectivity index (χ0n) is 8.84. The van der Waals surface area contributed by atoms with Crippen molar-refractivity contribution < 1.29 is 4.79 Å². The molecule has 1 aliphatic heterocycles. The van der Waals surface area contributed by atoms with Gasteiger partial charge in [0.2, 0.25) is 5.91 Å². The summed E-state index contributed by atoms with van der Waals surface area (Å²) in [6.45, 7) is 6.88. The summed E-state index contributed by atoms with van der Waals surface area (Å²) < 4.78 is 0. The van der Waals surface area contributed by atoms with E-state index in [0.717, 1.165) is 31.5 Å². The number of carbonyl (C=O) groups is 1. The summed E-state index contributed by atoms with van der Waals surface area (Å²) >= 11 is 0. The monoisotopic (exact) mass is 184 g/mol. The molecule has 3 nitrogen and oxygen atoms in total. The van der Waals surface area contributed by atoms with Crippen molar-refractivity contribution in [2.75, 3.05) is 26.7 Å². The van der Waals surface area contributed by atoms with Gasteiger partial charge in [0, 0.05) is 20.0 Å². The van der Waals surface area contributed by atoms with Crippen LogP contribution < -0.4 is 5.32 Å². The van der Waals surface area contributed by atoms with Gasteiger partial charge in [-0.25, -0.2) is 0 Å². The third-order valence-electron chi connectivity index (χ3n) is 3.01. The van der Waals surface area contributed by atoms with Crippen molar-refractivity contribution in [3.63, 3.8) is 0 Å². The van der Waals surface area contributed by atoms with Crippen LogP contribution in [0.3, 0.4) is 0 Å². The van der Waals surface area contributed by atoms with Crippen molar-refractivity contribution in [3.8, 4) is 0 Å². The van der Waals surface area contributed by atoms with Gasteiger partial charge in [0.15, 0.2) is 0 Å². The number of rotatable bonds is 4. The Balaban J connectivity index is 2.27. The third-order valence-corrected chi connectivity index (χ3v) is 3.01. The highest BCUT2D eigenvalue weighted by atomic mass is 16.2. The Bertz CT molecular complexity index is 176. The van der Waals surface area contributed by atoms with Gasteiger partial charge in [-0.1, -0.05) is 13.3 Å². The first kappa shape index (κ1) is 10.5. The van der Waals surface area contributed by atoms with E-state index < -0.39 is 0 Å². The fourth-order valence-electron chi connectivity index (χ4n) is 1.97. The molecule has 0 aromatic carbocycles. The number of hydrogen-bond acceptors (Lipinski definition) is 2. The van der Waals surface area contributed by atoms with Crippen LogP contribution in [0.5, 0.6) is 0 Å². The van der Waals surface area contributed by atoms with Gasteiger partial charge in [-0.2, -0.15) is 0 Å². The maximum atomic E-state index is 11.0. The van der Waals surface area contributed by atoms with Crippen LogP contribution >= 0.6 is 0 Å². The Morgan fingerprint density at radius 2 is 2.23 bits per heavy atom. The lowest BCUT2D eigenvalue weighted by molar-refractivity contribution is -0.136. The minimum atomic E-state index is 0.218. The lowest BCUT2D eigenvalue weighted by Gasteiger charge is -2.42. The first-order valence-electron chi connectivity index (χ1n) is 5.09. The normalized spacial score (nSPS) is 19.8. The maximum absolute atomic E-state index is 11.0. The molecule has 0 aliphatic carbocycles. The molecule has 1 fully saturated rings. The summed E-state index contributed by atoms with van der Waals surface area (Å²) in [4.78, 5) is 12.9. The summed E-state index contributed by atoms with van der Waals surface area (Å²) in [6, 6.07) is 0. The van der Waals surface area contributed by atoms with Crippen molar-refractivity contribution in [2.45, 2.75) is 20.3 Å². The van der Waals surface area contributed by atoms with Gasteiger partial charge < -0.3 is 10.2 Å². The van der Waals surface area contributed by atoms with Crippen LogP contribution in [-0.2, 0) is 4.79 Å². The molecular weight excluding hydrogens is 164 g/mol. The van der Waals surface area contributed by atoms with Gasteiger partial charge in [-0.3, -0.25) is 4.79 Å². The highest BCUT2D eigenvalue weighted by Crippen LogP contribution is 2.25. The highest BCUT2D eigenvalue weighted by molar-refractivity contribution is 5.74. The van der Waals surface area contributed by atoms with Crippen molar-refractivity contribution >= 4 is 5.91 Å². The fraction of sp³-hybridized carbons (Fsp3) is 0.900. The molecular formula is C10H20N2O. The summed E-state index contributed by atoms with van der Waals surface area (Å²) in [5.74, 6) is 1.68. The second-order valence-corrected chi connectivity index (χ2v) is 3.91. The smallest absolute Gasteiger partial charge is 0.219 e. The van der Waals surface area contributed by atoms with Gasteiger partial charge in [-0.05, 0) is 25.4 Å². The molecule has 1 heterocycles. The van der Waals surface area contributed by atoms with E-state index in [-0.39, 0.29) is 5.91 Å². The molecule has 0 bridgehead atoms. The quantitative estimate of drug-likeness (QED) is 0.698. The SMILES string of the molecule is CCC(CNC)C1CN(C(C)=O)C1. The van der Waals surface area contributed by atoms with E-state index in [0.29, 0.717) is 0 Å². The standard InChI is InChI=1S/C10H20N2O/c1-4-9(5-11-3)10-6-12(7-10)8(2)13/h9-11H,4-7H2,1-3H3. The van der Waals surface area contributed by atoms with E-state index in [1.54, 1.807) is 6.92 Å². The molecule has 76 valence electrons. The average Bonchev–Trinajstić information content (AvgIpc) is 1.99. The number of likely N-dealkylation sites (tertiary alicyclic amines) is 1. The number of amides is 1. The average molecular weight is 184 g/mol. The molecule has 1 N–H and O–H groups in total. The van der Waals surface area contributed by atoms with Crippen molar-refractivity contribution in [3.05, 3.63) is 0 Å². The first-order valence-corrected chi connectivity index (χ1v) is 5.09.